The van der Waals surface area contributed by atoms with Crippen molar-refractivity contribution in [2.75, 3.05) is 26.2 Å². The molecule has 1 unspecified atom stereocenters. The molecule has 1 saturated carbocycles. The zero-order valence-corrected chi connectivity index (χ0v) is 12.5. The number of hydrogen-bond acceptors (Lipinski definition) is 3. The molecule has 3 N–H and O–H groups in total. The van der Waals surface area contributed by atoms with E-state index in [0.717, 1.165) is 32.2 Å². The number of carbonyl (C=O) groups excluding carboxylic acids is 1. The fourth-order valence-electron chi connectivity index (χ4n) is 3.36. The van der Waals surface area contributed by atoms with Gasteiger partial charge in [0.2, 0.25) is 0 Å². The van der Waals surface area contributed by atoms with Crippen molar-refractivity contribution in [3.8, 4) is 0 Å². The Kier molecular flexibility index (Phi) is 5.85. The van der Waals surface area contributed by atoms with Gasteiger partial charge in [0.1, 0.15) is 0 Å². The molecule has 0 aromatic rings. The van der Waals surface area contributed by atoms with E-state index in [0.29, 0.717) is 31.8 Å². The summed E-state index contributed by atoms with van der Waals surface area (Å²) in [5.41, 5.74) is 0. The molecule has 6 heteroatoms. The number of aliphatic hydroxyl groups is 1. The summed E-state index contributed by atoms with van der Waals surface area (Å²) in [4.78, 5) is 24.8. The lowest BCUT2D eigenvalue weighted by Gasteiger charge is -2.33. The fourth-order valence-corrected chi connectivity index (χ4v) is 3.36. The quantitative estimate of drug-likeness (QED) is 0.729. The number of hydrogen-bond donors (Lipinski definition) is 3. The lowest BCUT2D eigenvalue weighted by Crippen LogP contribution is -2.47. The average molecular weight is 298 g/mol. The van der Waals surface area contributed by atoms with Gasteiger partial charge < -0.3 is 20.4 Å². The van der Waals surface area contributed by atoms with Gasteiger partial charge in [0.05, 0.1) is 5.92 Å². The van der Waals surface area contributed by atoms with Gasteiger partial charge in [-0.15, -0.1) is 0 Å². The number of aliphatic carboxylic acids is 1. The molecule has 0 bridgehead atoms. The van der Waals surface area contributed by atoms with Gasteiger partial charge in [0, 0.05) is 26.2 Å². The van der Waals surface area contributed by atoms with Gasteiger partial charge in [0.15, 0.2) is 0 Å². The summed E-state index contributed by atoms with van der Waals surface area (Å²) in [5.74, 6) is -0.302. The third-order valence-electron chi connectivity index (χ3n) is 4.80. The van der Waals surface area contributed by atoms with Crippen molar-refractivity contribution in [3.05, 3.63) is 0 Å². The lowest BCUT2D eigenvalue weighted by atomic mass is 9.82. The Hall–Kier alpha value is -1.30. The van der Waals surface area contributed by atoms with Crippen LogP contribution in [-0.4, -0.2) is 53.4 Å². The SMILES string of the molecule is O=C(O)C1CCC(CNC(=O)N2CCCC(CO)C2)CC1. The van der Waals surface area contributed by atoms with Crippen molar-refractivity contribution in [1.82, 2.24) is 10.2 Å². The number of rotatable bonds is 4. The molecule has 21 heavy (non-hydrogen) atoms. The van der Waals surface area contributed by atoms with Crippen LogP contribution in [0.5, 0.6) is 0 Å². The zero-order valence-electron chi connectivity index (χ0n) is 12.5. The van der Waals surface area contributed by atoms with E-state index >= 15 is 0 Å². The minimum absolute atomic E-state index is 0.0477. The van der Waals surface area contributed by atoms with Gasteiger partial charge >= 0.3 is 12.0 Å². The maximum atomic E-state index is 12.1. The Morgan fingerprint density at radius 3 is 2.43 bits per heavy atom. The maximum absolute atomic E-state index is 12.1. The number of nitrogens with one attached hydrogen (secondary N) is 1. The van der Waals surface area contributed by atoms with Gasteiger partial charge in [-0.1, -0.05) is 0 Å². The number of amides is 2. The van der Waals surface area contributed by atoms with E-state index in [-0.39, 0.29) is 24.5 Å². The molecule has 2 amide bonds. The molecule has 6 nitrogen and oxygen atoms in total. The second kappa shape index (κ2) is 7.64. The van der Waals surface area contributed by atoms with Crippen LogP contribution in [0.15, 0.2) is 0 Å². The molecule has 1 heterocycles. The third kappa shape index (κ3) is 4.59. The van der Waals surface area contributed by atoms with Crippen molar-refractivity contribution in [2.45, 2.75) is 38.5 Å². The normalized spacial score (nSPS) is 30.0. The summed E-state index contributed by atoms with van der Waals surface area (Å²) in [6.45, 7) is 2.16. The molecule has 120 valence electrons. The van der Waals surface area contributed by atoms with Crippen LogP contribution in [0.1, 0.15) is 38.5 Å². The van der Waals surface area contributed by atoms with E-state index in [1.165, 1.54) is 0 Å². The largest absolute Gasteiger partial charge is 0.481 e. The molecule has 1 atom stereocenters. The molecule has 1 aliphatic heterocycles. The van der Waals surface area contributed by atoms with Crippen LogP contribution in [0, 0.1) is 17.8 Å². The number of carboxylic acid groups (broad SMARTS) is 1. The van der Waals surface area contributed by atoms with Gasteiger partial charge in [-0.25, -0.2) is 4.79 Å². The zero-order chi connectivity index (χ0) is 15.2. The number of carboxylic acids is 1. The van der Waals surface area contributed by atoms with Gasteiger partial charge in [-0.05, 0) is 50.4 Å². The second-order valence-corrected chi connectivity index (χ2v) is 6.38. The van der Waals surface area contributed by atoms with Crippen LogP contribution in [0.4, 0.5) is 4.79 Å². The van der Waals surface area contributed by atoms with Crippen LogP contribution in [-0.2, 0) is 4.79 Å². The predicted octanol–water partition coefficient (Wildman–Crippen LogP) is 1.29. The number of piperidine rings is 1. The van der Waals surface area contributed by atoms with Gasteiger partial charge in [-0.3, -0.25) is 4.79 Å². The first-order valence-electron chi connectivity index (χ1n) is 7.96. The van der Waals surface area contributed by atoms with Crippen molar-refractivity contribution in [1.29, 1.82) is 0 Å². The first-order chi connectivity index (χ1) is 10.1. The van der Waals surface area contributed by atoms with Crippen LogP contribution >= 0.6 is 0 Å². The molecule has 1 saturated heterocycles. The highest BCUT2D eigenvalue weighted by atomic mass is 16.4. The number of carbonyl (C=O) groups is 2. The van der Waals surface area contributed by atoms with Crippen molar-refractivity contribution in [2.24, 2.45) is 17.8 Å². The van der Waals surface area contributed by atoms with E-state index in [1.54, 1.807) is 4.90 Å². The Labute approximate surface area is 125 Å². The van der Waals surface area contributed by atoms with E-state index in [4.69, 9.17) is 5.11 Å². The second-order valence-electron chi connectivity index (χ2n) is 6.38. The van der Waals surface area contributed by atoms with Crippen molar-refractivity contribution in [3.63, 3.8) is 0 Å². The summed E-state index contributed by atoms with van der Waals surface area (Å²) < 4.78 is 0. The van der Waals surface area contributed by atoms with E-state index < -0.39 is 5.97 Å². The van der Waals surface area contributed by atoms with Crippen molar-refractivity contribution >= 4 is 12.0 Å². The molecule has 2 fully saturated rings. The monoisotopic (exact) mass is 298 g/mol. The van der Waals surface area contributed by atoms with Gasteiger partial charge in [-0.2, -0.15) is 0 Å². The van der Waals surface area contributed by atoms with Gasteiger partial charge in [0.25, 0.3) is 0 Å². The van der Waals surface area contributed by atoms with Crippen LogP contribution in [0.2, 0.25) is 0 Å². The highest BCUT2D eigenvalue weighted by molar-refractivity contribution is 5.74. The molecule has 1 aliphatic carbocycles. The Bertz CT molecular complexity index is 367. The van der Waals surface area contributed by atoms with E-state index in [2.05, 4.69) is 5.32 Å². The van der Waals surface area contributed by atoms with Crippen LogP contribution in [0.25, 0.3) is 0 Å². The number of likely N-dealkylation sites (tertiary alicyclic amines) is 1. The average Bonchev–Trinajstić information content (AvgIpc) is 2.53. The third-order valence-corrected chi connectivity index (χ3v) is 4.80. The summed E-state index contributed by atoms with van der Waals surface area (Å²) >= 11 is 0. The highest BCUT2D eigenvalue weighted by Crippen LogP contribution is 2.28. The molecule has 2 rings (SSSR count). The topological polar surface area (TPSA) is 89.9 Å². The minimum atomic E-state index is -0.694. The summed E-state index contributed by atoms with van der Waals surface area (Å²) in [6, 6.07) is -0.0477. The number of nitrogens with zero attached hydrogens (tertiary/aromatic N) is 1. The highest BCUT2D eigenvalue weighted by Gasteiger charge is 2.27. The fraction of sp³-hybridized carbons (Fsp3) is 0.867. The first-order valence-corrected chi connectivity index (χ1v) is 7.96. The standard InChI is InChI=1S/C15H26N2O4/c18-10-12-2-1-7-17(9-12)15(21)16-8-11-3-5-13(6-4-11)14(19)20/h11-13,18H,1-10H2,(H,16,21)(H,19,20). The van der Waals surface area contributed by atoms with Crippen LogP contribution in [0.3, 0.4) is 0 Å². The Morgan fingerprint density at radius 2 is 1.81 bits per heavy atom. The molecule has 0 aromatic heterocycles. The molecule has 0 aromatic carbocycles. The molecule has 0 spiro atoms. The lowest BCUT2D eigenvalue weighted by molar-refractivity contribution is -0.143. The summed E-state index contributed by atoms with van der Waals surface area (Å²) in [5, 5.41) is 21.1. The Morgan fingerprint density at radius 1 is 1.10 bits per heavy atom. The molecule has 2 aliphatic rings. The predicted molar refractivity (Wildman–Crippen MR) is 77.9 cm³/mol. The summed E-state index contributed by atoms with van der Waals surface area (Å²) in [6.07, 6.45) is 5.10. The molecular weight excluding hydrogens is 272 g/mol. The smallest absolute Gasteiger partial charge is 0.317 e. The van der Waals surface area contributed by atoms with E-state index in [1.807, 2.05) is 0 Å². The number of urea groups is 1. The van der Waals surface area contributed by atoms with Crippen LogP contribution < -0.4 is 5.32 Å². The minimum Gasteiger partial charge on any atom is -0.481 e. The number of aliphatic hydroxyl groups excluding tert-OH is 1. The first kappa shape index (κ1) is 16.1. The molecule has 0 radical (unpaired) electrons. The maximum Gasteiger partial charge on any atom is 0.317 e. The Balaban J connectivity index is 1.68. The summed E-state index contributed by atoms with van der Waals surface area (Å²) in [7, 11) is 0. The van der Waals surface area contributed by atoms with Crippen molar-refractivity contribution < 1.29 is 19.8 Å². The molecular formula is C15H26N2O4. The van der Waals surface area contributed by atoms with E-state index in [9.17, 15) is 14.7 Å².